The Morgan fingerprint density at radius 1 is 0.163 bits per heavy atom. The molecule has 0 bridgehead atoms. The lowest BCUT2D eigenvalue weighted by molar-refractivity contribution is 1.26. The van der Waals surface area contributed by atoms with E-state index in [0.29, 0.717) is 0 Å². The van der Waals surface area contributed by atoms with Crippen LogP contribution >= 0.6 is 23.2 Å². The minimum absolute atomic E-state index is 0.739. The summed E-state index contributed by atoms with van der Waals surface area (Å²) in [7, 11) is 0. The first-order chi connectivity index (χ1) is 48.0. The van der Waals surface area contributed by atoms with E-state index in [2.05, 4.69) is 365 Å². The van der Waals surface area contributed by atoms with E-state index in [-0.39, 0.29) is 0 Å². The molecule has 98 heavy (non-hydrogen) atoms. The van der Waals surface area contributed by atoms with E-state index in [1.165, 1.54) is 111 Å². The van der Waals surface area contributed by atoms with Crippen LogP contribution in [-0.2, 0) is 0 Å². The summed E-state index contributed by atoms with van der Waals surface area (Å²) in [5, 5.41) is 1.48. The summed E-state index contributed by atoms with van der Waals surface area (Å²) in [6.07, 6.45) is 0. The summed E-state index contributed by atoms with van der Waals surface area (Å²) >= 11 is 12.4. The van der Waals surface area contributed by atoms with Crippen LogP contribution in [0.2, 0.25) is 10.0 Å². The second-order valence-electron chi connectivity index (χ2n) is 25.4. The Hall–Kier alpha value is -11.5. The van der Waals surface area contributed by atoms with Crippen molar-refractivity contribution in [3.8, 4) is 111 Å². The molecule has 0 heterocycles. The highest BCUT2D eigenvalue weighted by molar-refractivity contribution is 6.31. The lowest BCUT2D eigenvalue weighted by Crippen LogP contribution is -2.10. The fourth-order valence-electron chi connectivity index (χ4n) is 13.7. The number of hydrogen-bond donors (Lipinski definition) is 0. The predicted molar refractivity (Wildman–Crippen MR) is 419 cm³/mol. The number of hydrogen-bond acceptors (Lipinski definition) is 2. The third kappa shape index (κ3) is 13.3. The van der Waals surface area contributed by atoms with Gasteiger partial charge in [-0.25, -0.2) is 0 Å². The second-order valence-corrected chi connectivity index (χ2v) is 26.3. The first-order valence-electron chi connectivity index (χ1n) is 33.4. The fourth-order valence-corrected chi connectivity index (χ4v) is 14.0. The van der Waals surface area contributed by atoms with Crippen LogP contribution in [0.15, 0.2) is 352 Å². The monoisotopic (exact) mass is 1300 g/mol. The van der Waals surface area contributed by atoms with Crippen molar-refractivity contribution in [2.75, 3.05) is 9.80 Å². The Kier molecular flexibility index (Phi) is 17.7. The number of anilines is 6. The molecule has 0 saturated heterocycles. The zero-order valence-electron chi connectivity index (χ0n) is 55.1. The molecule has 0 amide bonds. The van der Waals surface area contributed by atoms with Gasteiger partial charge in [-0.3, -0.25) is 0 Å². The van der Waals surface area contributed by atoms with E-state index in [4.69, 9.17) is 23.2 Å². The Morgan fingerprint density at radius 3 is 0.531 bits per heavy atom. The van der Waals surface area contributed by atoms with E-state index < -0.39 is 0 Å². The number of nitrogens with zero attached hydrogens (tertiary/aromatic N) is 2. The van der Waals surface area contributed by atoms with E-state index in [9.17, 15) is 0 Å². The van der Waals surface area contributed by atoms with Gasteiger partial charge in [-0.05, 0) is 258 Å². The van der Waals surface area contributed by atoms with Crippen LogP contribution in [0.25, 0.3) is 111 Å². The van der Waals surface area contributed by atoms with E-state index >= 15 is 0 Å². The molecule has 470 valence electrons. The quantitative estimate of drug-likeness (QED) is 0.0951. The van der Waals surface area contributed by atoms with Gasteiger partial charge in [0.15, 0.2) is 0 Å². The molecular weight excluding hydrogens is 1230 g/mol. The Bertz CT molecular complexity index is 4950. The average molecular weight is 1300 g/mol. The van der Waals surface area contributed by atoms with Crippen molar-refractivity contribution >= 4 is 57.3 Å². The molecule has 2 nitrogen and oxygen atoms in total. The molecule has 0 aliphatic carbocycles. The van der Waals surface area contributed by atoms with Crippen LogP contribution in [-0.4, -0.2) is 0 Å². The van der Waals surface area contributed by atoms with Crippen molar-refractivity contribution < 1.29 is 0 Å². The standard InChI is InChI=1S/C94H70Cl2N2/c1-63-59-87(97(85-47-39-77(40-48-85)67-11-7-5-8-12-67)89-53-57-93(65(3)61-89)81-31-23-73(24-32-81)75-35-43-83(95)44-36-75)51-55-91(63)79-27-19-71(20-28-79)69-15-17-70(18-16-69)72-21-29-80(30-22-72)92-56-52-88(60-64(92)2)98(86-49-41-78(42-50-86)68-13-9-6-10-14-68)90-54-58-94(66(4)62-90)82-33-25-74(26-34-82)76-37-45-84(96)46-38-76/h5-62H,1-4H3. The molecule has 4 heteroatoms. The molecule has 0 aliphatic rings. The molecule has 0 unspecified atom stereocenters. The minimum Gasteiger partial charge on any atom is -0.310 e. The van der Waals surface area contributed by atoms with Crippen molar-refractivity contribution in [2.45, 2.75) is 27.7 Å². The Labute approximate surface area is 586 Å². The molecule has 0 aliphatic heterocycles. The number of aryl methyl sites for hydroxylation is 4. The van der Waals surface area contributed by atoms with Gasteiger partial charge in [0.1, 0.15) is 0 Å². The zero-order chi connectivity index (χ0) is 66.6. The molecule has 0 radical (unpaired) electrons. The van der Waals surface area contributed by atoms with Crippen LogP contribution in [0.3, 0.4) is 0 Å². The molecule has 0 saturated carbocycles. The minimum atomic E-state index is 0.739. The molecule has 0 atom stereocenters. The largest absolute Gasteiger partial charge is 0.310 e. The first-order valence-corrected chi connectivity index (χ1v) is 34.1. The van der Waals surface area contributed by atoms with Gasteiger partial charge in [-0.15, -0.1) is 0 Å². The van der Waals surface area contributed by atoms with Crippen LogP contribution in [0, 0.1) is 27.7 Å². The molecule has 15 aromatic carbocycles. The van der Waals surface area contributed by atoms with Gasteiger partial charge < -0.3 is 9.80 Å². The van der Waals surface area contributed by atoms with Crippen molar-refractivity contribution in [1.82, 2.24) is 0 Å². The van der Waals surface area contributed by atoms with E-state index in [1.807, 2.05) is 24.3 Å². The highest BCUT2D eigenvalue weighted by Crippen LogP contribution is 2.44. The van der Waals surface area contributed by atoms with Crippen LogP contribution in [0.5, 0.6) is 0 Å². The van der Waals surface area contributed by atoms with Gasteiger partial charge in [0.25, 0.3) is 0 Å². The maximum absolute atomic E-state index is 6.20. The summed E-state index contributed by atoms with van der Waals surface area (Å²) < 4.78 is 0. The van der Waals surface area contributed by atoms with Crippen molar-refractivity contribution in [3.63, 3.8) is 0 Å². The number of halogens is 2. The fraction of sp³-hybridized carbons (Fsp3) is 0.0426. The van der Waals surface area contributed by atoms with Crippen molar-refractivity contribution in [2.24, 2.45) is 0 Å². The lowest BCUT2D eigenvalue weighted by Gasteiger charge is -2.27. The molecule has 15 aromatic rings. The summed E-state index contributed by atoms with van der Waals surface area (Å²) in [4.78, 5) is 4.75. The SMILES string of the molecule is Cc1cc(N(c2ccc(-c3ccccc3)cc2)c2ccc(-c3ccc(-c4ccc(-c5ccc(-c6ccc(N(c7ccc(-c8ccccc8)cc7)c7ccc(-c8ccc(-c9ccc(Cl)cc9)cc8)c(C)c7)cc6C)cc5)cc4)cc3)c(C)c2)ccc1-c1ccc(-c2ccc(Cl)cc2)cc1. The summed E-state index contributed by atoms with van der Waals surface area (Å²) in [5.41, 5.74) is 35.0. The molecule has 0 aromatic heterocycles. The lowest BCUT2D eigenvalue weighted by atomic mass is 9.94. The number of rotatable bonds is 16. The van der Waals surface area contributed by atoms with Gasteiger partial charge in [-0.1, -0.05) is 278 Å². The summed E-state index contributed by atoms with van der Waals surface area (Å²) in [6.45, 7) is 8.87. The van der Waals surface area contributed by atoms with Crippen LogP contribution in [0.1, 0.15) is 22.3 Å². The van der Waals surface area contributed by atoms with E-state index in [1.54, 1.807) is 0 Å². The van der Waals surface area contributed by atoms with Gasteiger partial charge in [0.05, 0.1) is 0 Å². The smallest absolute Gasteiger partial charge is 0.0464 e. The number of benzene rings is 15. The normalized spacial score (nSPS) is 11.2. The molecule has 15 rings (SSSR count). The van der Waals surface area contributed by atoms with Crippen LogP contribution in [0.4, 0.5) is 34.1 Å². The average Bonchev–Trinajstić information content (AvgIpc) is 0.792. The summed E-state index contributed by atoms with van der Waals surface area (Å²) in [5.74, 6) is 0. The summed E-state index contributed by atoms with van der Waals surface area (Å²) in [6, 6.07) is 127. The third-order valence-corrected chi connectivity index (χ3v) is 19.5. The van der Waals surface area contributed by atoms with Crippen LogP contribution < -0.4 is 9.80 Å². The van der Waals surface area contributed by atoms with Gasteiger partial charge in [0, 0.05) is 44.2 Å². The van der Waals surface area contributed by atoms with Gasteiger partial charge in [-0.2, -0.15) is 0 Å². The Morgan fingerprint density at radius 2 is 0.327 bits per heavy atom. The van der Waals surface area contributed by atoms with Crippen molar-refractivity contribution in [3.05, 3.63) is 384 Å². The predicted octanol–water partition coefficient (Wildman–Crippen LogP) is 27.8. The third-order valence-electron chi connectivity index (χ3n) is 19.0. The van der Waals surface area contributed by atoms with Crippen molar-refractivity contribution in [1.29, 1.82) is 0 Å². The van der Waals surface area contributed by atoms with E-state index in [0.717, 1.165) is 66.4 Å². The molecular formula is C94H70Cl2N2. The Balaban J connectivity index is 0.649. The second kappa shape index (κ2) is 27.7. The molecule has 0 N–H and O–H groups in total. The first kappa shape index (κ1) is 62.6. The van der Waals surface area contributed by atoms with Gasteiger partial charge >= 0.3 is 0 Å². The highest BCUT2D eigenvalue weighted by Gasteiger charge is 2.20. The molecule has 0 spiro atoms. The van der Waals surface area contributed by atoms with Gasteiger partial charge in [0.2, 0.25) is 0 Å². The highest BCUT2D eigenvalue weighted by atomic mass is 35.5. The molecule has 0 fully saturated rings. The maximum Gasteiger partial charge on any atom is 0.0464 e. The zero-order valence-corrected chi connectivity index (χ0v) is 56.6. The maximum atomic E-state index is 6.20. The topological polar surface area (TPSA) is 6.48 Å².